The second-order valence-electron chi connectivity index (χ2n) is 4.46. The van der Waals surface area contributed by atoms with E-state index in [0.29, 0.717) is 16.6 Å². The average molecular weight is 291 g/mol. The topological polar surface area (TPSA) is 30.9 Å². The molecule has 0 aliphatic heterocycles. The molecule has 0 aliphatic rings. The Balaban J connectivity index is 2.04. The number of benzene rings is 2. The van der Waals surface area contributed by atoms with Gasteiger partial charge in [-0.15, -0.1) is 0 Å². The van der Waals surface area contributed by atoms with Crippen molar-refractivity contribution >= 4 is 39.8 Å². The summed E-state index contributed by atoms with van der Waals surface area (Å²) < 4.78 is 2.13. The van der Waals surface area contributed by atoms with Crippen LogP contribution in [0, 0.1) is 0 Å². The van der Waals surface area contributed by atoms with Crippen LogP contribution in [0.2, 0.25) is 10.0 Å². The van der Waals surface area contributed by atoms with Gasteiger partial charge in [0.1, 0.15) is 0 Å². The zero-order chi connectivity index (χ0) is 13.4. The molecule has 0 atom stereocenters. The number of halogens is 2. The van der Waals surface area contributed by atoms with Crippen LogP contribution in [0.4, 0.5) is 5.69 Å². The van der Waals surface area contributed by atoms with Crippen LogP contribution in [0.15, 0.2) is 48.7 Å². The molecule has 0 spiro atoms. The first kappa shape index (κ1) is 12.4. The molecule has 4 heteroatoms. The van der Waals surface area contributed by atoms with E-state index in [-0.39, 0.29) is 0 Å². The molecule has 3 rings (SSSR count). The Morgan fingerprint density at radius 3 is 2.68 bits per heavy atom. The fraction of sp³-hybridized carbons (Fsp3) is 0.0667. The van der Waals surface area contributed by atoms with Crippen molar-refractivity contribution in [1.29, 1.82) is 0 Å². The van der Waals surface area contributed by atoms with Crippen LogP contribution in [-0.4, -0.2) is 4.57 Å². The molecule has 2 N–H and O–H groups in total. The lowest BCUT2D eigenvalue weighted by Crippen LogP contribution is -1.98. The second-order valence-corrected chi connectivity index (χ2v) is 5.30. The maximum atomic E-state index is 6.21. The number of nitrogen functional groups attached to an aromatic ring is 1. The van der Waals surface area contributed by atoms with E-state index in [2.05, 4.69) is 10.6 Å². The Morgan fingerprint density at radius 2 is 1.89 bits per heavy atom. The Kier molecular flexibility index (Phi) is 3.13. The normalized spacial score (nSPS) is 11.1. The molecule has 3 aromatic rings. The fourth-order valence-corrected chi connectivity index (χ4v) is 2.69. The highest BCUT2D eigenvalue weighted by molar-refractivity contribution is 6.35. The van der Waals surface area contributed by atoms with E-state index in [1.54, 1.807) is 6.07 Å². The van der Waals surface area contributed by atoms with Crippen LogP contribution >= 0.6 is 23.2 Å². The van der Waals surface area contributed by atoms with Crippen LogP contribution in [0.3, 0.4) is 0 Å². The maximum Gasteiger partial charge on any atom is 0.0504 e. The summed E-state index contributed by atoms with van der Waals surface area (Å²) in [6.07, 6.45) is 2.02. The zero-order valence-corrected chi connectivity index (χ0v) is 11.6. The average Bonchev–Trinajstić information content (AvgIpc) is 2.78. The van der Waals surface area contributed by atoms with E-state index in [1.165, 1.54) is 0 Å². The van der Waals surface area contributed by atoms with Gasteiger partial charge in [0.2, 0.25) is 0 Å². The summed E-state index contributed by atoms with van der Waals surface area (Å²) in [6.45, 7) is 0.697. The monoisotopic (exact) mass is 290 g/mol. The van der Waals surface area contributed by atoms with Crippen molar-refractivity contribution < 1.29 is 0 Å². The van der Waals surface area contributed by atoms with Gasteiger partial charge in [0.15, 0.2) is 0 Å². The molecule has 0 fully saturated rings. The van der Waals surface area contributed by atoms with Crippen molar-refractivity contribution in [2.75, 3.05) is 5.73 Å². The minimum atomic E-state index is 0.648. The summed E-state index contributed by atoms with van der Waals surface area (Å²) >= 11 is 12.1. The summed E-state index contributed by atoms with van der Waals surface area (Å²) in [4.78, 5) is 0. The molecular weight excluding hydrogens is 279 g/mol. The molecular formula is C15H12Cl2N2. The molecule has 0 saturated carbocycles. The smallest absolute Gasteiger partial charge is 0.0504 e. The predicted molar refractivity (Wildman–Crippen MR) is 81.9 cm³/mol. The van der Waals surface area contributed by atoms with Gasteiger partial charge >= 0.3 is 0 Å². The second kappa shape index (κ2) is 4.80. The van der Waals surface area contributed by atoms with Gasteiger partial charge < -0.3 is 10.3 Å². The number of rotatable bonds is 2. The zero-order valence-electron chi connectivity index (χ0n) is 10.1. The summed E-state index contributed by atoms with van der Waals surface area (Å²) in [6, 6.07) is 13.5. The van der Waals surface area contributed by atoms with E-state index in [4.69, 9.17) is 28.9 Å². The number of hydrogen-bond donors (Lipinski definition) is 1. The molecule has 19 heavy (non-hydrogen) atoms. The third-order valence-electron chi connectivity index (χ3n) is 3.20. The van der Waals surface area contributed by atoms with Crippen molar-refractivity contribution in [2.24, 2.45) is 0 Å². The van der Waals surface area contributed by atoms with Gasteiger partial charge in [0.05, 0.1) is 5.52 Å². The summed E-state index contributed by atoms with van der Waals surface area (Å²) in [7, 11) is 0. The minimum absolute atomic E-state index is 0.648. The number of nitrogens with zero attached hydrogens (tertiary/aromatic N) is 1. The number of anilines is 1. The van der Waals surface area contributed by atoms with E-state index in [1.807, 2.05) is 36.5 Å². The third-order valence-corrected chi connectivity index (χ3v) is 3.79. The number of fused-ring (bicyclic) bond motifs is 1. The molecule has 0 radical (unpaired) electrons. The number of hydrogen-bond acceptors (Lipinski definition) is 1. The Bertz CT molecular complexity index is 747. The van der Waals surface area contributed by atoms with Gasteiger partial charge in [-0.2, -0.15) is 0 Å². The lowest BCUT2D eigenvalue weighted by atomic mass is 10.2. The Hall–Kier alpha value is -1.64. The van der Waals surface area contributed by atoms with Gasteiger partial charge in [-0.1, -0.05) is 35.3 Å². The van der Waals surface area contributed by atoms with Crippen molar-refractivity contribution in [3.63, 3.8) is 0 Å². The van der Waals surface area contributed by atoms with Crippen molar-refractivity contribution in [2.45, 2.75) is 6.54 Å². The first-order valence-corrected chi connectivity index (χ1v) is 6.68. The Morgan fingerprint density at radius 1 is 1.05 bits per heavy atom. The summed E-state index contributed by atoms with van der Waals surface area (Å²) in [5.74, 6) is 0. The third kappa shape index (κ3) is 2.29. The van der Waals surface area contributed by atoms with Gasteiger partial charge in [-0.25, -0.2) is 0 Å². The first-order valence-electron chi connectivity index (χ1n) is 5.92. The van der Waals surface area contributed by atoms with Crippen LogP contribution < -0.4 is 5.73 Å². The standard InChI is InChI=1S/C15H12Cl2N2/c16-11-5-4-10(13(17)8-11)9-19-7-6-12-14(18)2-1-3-15(12)19/h1-8H,9,18H2. The first-order chi connectivity index (χ1) is 9.15. The van der Waals surface area contributed by atoms with Crippen molar-refractivity contribution in [3.05, 3.63) is 64.3 Å². The molecule has 1 aromatic heterocycles. The van der Waals surface area contributed by atoms with E-state index < -0.39 is 0 Å². The van der Waals surface area contributed by atoms with Crippen molar-refractivity contribution in [3.8, 4) is 0 Å². The predicted octanol–water partition coefficient (Wildman–Crippen LogP) is 4.58. The molecule has 0 saturated heterocycles. The number of nitrogens with two attached hydrogens (primary N) is 1. The number of aromatic nitrogens is 1. The highest BCUT2D eigenvalue weighted by Gasteiger charge is 2.06. The van der Waals surface area contributed by atoms with E-state index in [0.717, 1.165) is 22.2 Å². The maximum absolute atomic E-state index is 6.21. The van der Waals surface area contributed by atoms with E-state index in [9.17, 15) is 0 Å². The quantitative estimate of drug-likeness (QED) is 0.688. The molecule has 0 bridgehead atoms. The lowest BCUT2D eigenvalue weighted by molar-refractivity contribution is 0.837. The molecule has 1 heterocycles. The SMILES string of the molecule is Nc1cccc2c1ccn2Cc1ccc(Cl)cc1Cl. The van der Waals surface area contributed by atoms with Gasteiger partial charge in [-0.05, 0) is 35.9 Å². The Labute approximate surface area is 121 Å². The summed E-state index contributed by atoms with van der Waals surface area (Å²) in [5.41, 5.74) is 8.88. The molecule has 96 valence electrons. The molecule has 0 amide bonds. The fourth-order valence-electron chi connectivity index (χ4n) is 2.22. The largest absolute Gasteiger partial charge is 0.398 e. The molecule has 2 aromatic carbocycles. The van der Waals surface area contributed by atoms with Crippen LogP contribution in [0.25, 0.3) is 10.9 Å². The van der Waals surface area contributed by atoms with Gasteiger partial charge in [0.25, 0.3) is 0 Å². The summed E-state index contributed by atoms with van der Waals surface area (Å²) in [5, 5.41) is 2.39. The molecule has 0 aliphatic carbocycles. The highest BCUT2D eigenvalue weighted by Crippen LogP contribution is 2.26. The van der Waals surface area contributed by atoms with Crippen LogP contribution in [-0.2, 0) is 6.54 Å². The van der Waals surface area contributed by atoms with Gasteiger partial charge in [0, 0.05) is 33.9 Å². The molecule has 0 unspecified atom stereocenters. The van der Waals surface area contributed by atoms with Crippen molar-refractivity contribution in [1.82, 2.24) is 4.57 Å². The van der Waals surface area contributed by atoms with Crippen LogP contribution in [0.5, 0.6) is 0 Å². The van der Waals surface area contributed by atoms with Gasteiger partial charge in [-0.3, -0.25) is 0 Å². The van der Waals surface area contributed by atoms with Crippen LogP contribution in [0.1, 0.15) is 5.56 Å². The highest BCUT2D eigenvalue weighted by atomic mass is 35.5. The minimum Gasteiger partial charge on any atom is -0.398 e. The molecule has 2 nitrogen and oxygen atoms in total. The van der Waals surface area contributed by atoms with E-state index >= 15 is 0 Å². The lowest BCUT2D eigenvalue weighted by Gasteiger charge is -2.08.